The molecule has 2 aromatic rings. The van der Waals surface area contributed by atoms with Crippen LogP contribution in [0.25, 0.3) is 0 Å². The predicted octanol–water partition coefficient (Wildman–Crippen LogP) is 2.69. The van der Waals surface area contributed by atoms with Crippen molar-refractivity contribution in [3.05, 3.63) is 51.6 Å². The predicted molar refractivity (Wildman–Crippen MR) is 92.0 cm³/mol. The first kappa shape index (κ1) is 15.8. The zero-order valence-electron chi connectivity index (χ0n) is 13.0. The molecule has 0 saturated heterocycles. The van der Waals surface area contributed by atoms with Crippen LogP contribution in [0.3, 0.4) is 0 Å². The fourth-order valence-electron chi connectivity index (χ4n) is 2.77. The molecule has 0 fully saturated rings. The van der Waals surface area contributed by atoms with Crippen LogP contribution in [-0.4, -0.2) is 21.6 Å². The summed E-state index contributed by atoms with van der Waals surface area (Å²) in [4.78, 5) is 30.6. The van der Waals surface area contributed by atoms with Crippen molar-refractivity contribution < 1.29 is 4.79 Å². The molecule has 0 radical (unpaired) electrons. The van der Waals surface area contributed by atoms with E-state index >= 15 is 0 Å². The number of rotatable bonds is 4. The van der Waals surface area contributed by atoms with Crippen molar-refractivity contribution in [1.29, 1.82) is 0 Å². The molecule has 0 bridgehead atoms. The molecule has 1 aliphatic carbocycles. The lowest BCUT2D eigenvalue weighted by atomic mass is 9.98. The maximum absolute atomic E-state index is 12.1. The first-order valence-electron chi connectivity index (χ1n) is 7.73. The van der Waals surface area contributed by atoms with Crippen molar-refractivity contribution in [2.45, 2.75) is 37.6 Å². The van der Waals surface area contributed by atoms with Crippen LogP contribution < -0.4 is 11.0 Å². The summed E-state index contributed by atoms with van der Waals surface area (Å²) in [5, 5.41) is 3.57. The van der Waals surface area contributed by atoms with E-state index in [1.807, 2.05) is 31.2 Å². The molecule has 5 nitrogen and oxygen atoms in total. The number of nitrogens with zero attached hydrogens (tertiary/aromatic N) is 1. The number of hydrogen-bond donors (Lipinski definition) is 2. The van der Waals surface area contributed by atoms with Gasteiger partial charge in [-0.15, -0.1) is 0 Å². The summed E-state index contributed by atoms with van der Waals surface area (Å²) in [6.07, 6.45) is 3.99. The Morgan fingerprint density at radius 3 is 3.00 bits per heavy atom. The van der Waals surface area contributed by atoms with Crippen LogP contribution in [0, 0.1) is 6.92 Å². The van der Waals surface area contributed by atoms with Gasteiger partial charge in [-0.2, -0.15) is 4.98 Å². The highest BCUT2D eigenvalue weighted by Gasteiger charge is 2.17. The van der Waals surface area contributed by atoms with Crippen LogP contribution in [0.4, 0.5) is 5.69 Å². The molecule has 1 aromatic heterocycles. The number of carbonyl (C=O) groups is 1. The van der Waals surface area contributed by atoms with Gasteiger partial charge in [0, 0.05) is 16.9 Å². The number of aromatic nitrogens is 2. The fourth-order valence-corrected chi connectivity index (χ4v) is 3.66. The molecular weight excluding hydrogens is 310 g/mol. The van der Waals surface area contributed by atoms with E-state index in [-0.39, 0.29) is 17.3 Å². The molecule has 2 N–H and O–H groups in total. The number of nitrogens with one attached hydrogen (secondary N) is 2. The molecule has 1 aromatic carbocycles. The van der Waals surface area contributed by atoms with Gasteiger partial charge in [0.1, 0.15) is 5.03 Å². The Morgan fingerprint density at radius 1 is 1.35 bits per heavy atom. The topological polar surface area (TPSA) is 74.8 Å². The number of aromatic amines is 1. The van der Waals surface area contributed by atoms with Crippen LogP contribution >= 0.6 is 11.8 Å². The van der Waals surface area contributed by atoms with E-state index in [0.717, 1.165) is 48.2 Å². The van der Waals surface area contributed by atoms with Crippen LogP contribution in [-0.2, 0) is 17.6 Å². The number of fused-ring (bicyclic) bond motifs is 1. The zero-order chi connectivity index (χ0) is 16.2. The molecule has 1 heterocycles. The quantitative estimate of drug-likeness (QED) is 0.668. The third-order valence-electron chi connectivity index (χ3n) is 3.83. The SMILES string of the molecule is Cc1cccc(NC(=O)CSc2nc(=O)[nH]c3c2CCCC3)c1. The molecule has 1 amide bonds. The summed E-state index contributed by atoms with van der Waals surface area (Å²) < 4.78 is 0. The van der Waals surface area contributed by atoms with Gasteiger partial charge in [0.05, 0.1) is 5.75 Å². The van der Waals surface area contributed by atoms with E-state index in [9.17, 15) is 9.59 Å². The summed E-state index contributed by atoms with van der Waals surface area (Å²) in [7, 11) is 0. The standard InChI is InChI=1S/C17H19N3O2S/c1-11-5-4-6-12(9-11)18-15(21)10-23-16-13-7-2-3-8-14(13)19-17(22)20-16/h4-6,9H,2-3,7-8,10H2,1H3,(H,18,21)(H,19,20,22). The Labute approximate surface area is 138 Å². The van der Waals surface area contributed by atoms with E-state index in [0.29, 0.717) is 5.03 Å². The average molecular weight is 329 g/mol. The third kappa shape index (κ3) is 4.01. The molecule has 3 rings (SSSR count). The van der Waals surface area contributed by atoms with Crippen LogP contribution in [0.2, 0.25) is 0 Å². The molecule has 0 spiro atoms. The highest BCUT2D eigenvalue weighted by atomic mass is 32.2. The number of H-pyrrole nitrogens is 1. The van der Waals surface area contributed by atoms with E-state index in [1.54, 1.807) is 0 Å². The molecule has 23 heavy (non-hydrogen) atoms. The second-order valence-electron chi connectivity index (χ2n) is 5.72. The van der Waals surface area contributed by atoms with Gasteiger partial charge in [0.2, 0.25) is 5.91 Å². The van der Waals surface area contributed by atoms with Crippen molar-refractivity contribution >= 4 is 23.4 Å². The zero-order valence-corrected chi connectivity index (χ0v) is 13.8. The molecule has 1 aliphatic rings. The third-order valence-corrected chi connectivity index (χ3v) is 4.85. The lowest BCUT2D eigenvalue weighted by Crippen LogP contribution is -2.21. The molecule has 0 aliphatic heterocycles. The van der Waals surface area contributed by atoms with E-state index in [2.05, 4.69) is 15.3 Å². The van der Waals surface area contributed by atoms with Crippen LogP contribution in [0.15, 0.2) is 34.1 Å². The molecule has 0 unspecified atom stereocenters. The fraction of sp³-hybridized carbons (Fsp3) is 0.353. The monoisotopic (exact) mass is 329 g/mol. The van der Waals surface area contributed by atoms with Crippen molar-refractivity contribution in [3.8, 4) is 0 Å². The number of thioether (sulfide) groups is 1. The van der Waals surface area contributed by atoms with Gasteiger partial charge in [-0.05, 0) is 50.3 Å². The molecule has 0 atom stereocenters. The minimum absolute atomic E-state index is 0.0905. The van der Waals surface area contributed by atoms with Crippen molar-refractivity contribution in [3.63, 3.8) is 0 Å². The van der Waals surface area contributed by atoms with Gasteiger partial charge in [0.25, 0.3) is 0 Å². The smallest absolute Gasteiger partial charge is 0.325 e. The number of aryl methyl sites for hydroxylation is 2. The second kappa shape index (κ2) is 7.00. The van der Waals surface area contributed by atoms with Gasteiger partial charge in [0.15, 0.2) is 0 Å². The van der Waals surface area contributed by atoms with Crippen LogP contribution in [0.1, 0.15) is 29.7 Å². The first-order chi connectivity index (χ1) is 11.1. The first-order valence-corrected chi connectivity index (χ1v) is 8.72. The Balaban J connectivity index is 1.67. The minimum atomic E-state index is -0.327. The van der Waals surface area contributed by atoms with Gasteiger partial charge in [-0.1, -0.05) is 23.9 Å². The molecular formula is C17H19N3O2S. The number of amides is 1. The van der Waals surface area contributed by atoms with Gasteiger partial charge >= 0.3 is 5.69 Å². The highest BCUT2D eigenvalue weighted by molar-refractivity contribution is 8.00. The van der Waals surface area contributed by atoms with Gasteiger partial charge in [-0.25, -0.2) is 4.79 Å². The van der Waals surface area contributed by atoms with Crippen LogP contribution in [0.5, 0.6) is 0 Å². The number of carbonyl (C=O) groups excluding carboxylic acids is 1. The Hall–Kier alpha value is -2.08. The minimum Gasteiger partial charge on any atom is -0.325 e. The number of anilines is 1. The molecule has 0 saturated carbocycles. The summed E-state index contributed by atoms with van der Waals surface area (Å²) in [6, 6.07) is 7.68. The van der Waals surface area contributed by atoms with Crippen molar-refractivity contribution in [2.24, 2.45) is 0 Å². The maximum Gasteiger partial charge on any atom is 0.346 e. The lowest BCUT2D eigenvalue weighted by molar-refractivity contribution is -0.113. The summed E-state index contributed by atoms with van der Waals surface area (Å²) in [5.41, 5.74) is 3.64. The molecule has 120 valence electrons. The van der Waals surface area contributed by atoms with Gasteiger partial charge in [-0.3, -0.25) is 4.79 Å². The van der Waals surface area contributed by atoms with E-state index in [1.165, 1.54) is 11.8 Å². The van der Waals surface area contributed by atoms with E-state index < -0.39 is 0 Å². The Bertz CT molecular complexity index is 786. The van der Waals surface area contributed by atoms with E-state index in [4.69, 9.17) is 0 Å². The van der Waals surface area contributed by atoms with Gasteiger partial charge < -0.3 is 10.3 Å². The number of benzene rings is 1. The Morgan fingerprint density at radius 2 is 2.17 bits per heavy atom. The normalized spacial score (nSPS) is 13.4. The van der Waals surface area contributed by atoms with Crippen molar-refractivity contribution in [1.82, 2.24) is 9.97 Å². The molecule has 6 heteroatoms. The van der Waals surface area contributed by atoms with Crippen molar-refractivity contribution in [2.75, 3.05) is 11.1 Å². The maximum atomic E-state index is 12.1. The largest absolute Gasteiger partial charge is 0.346 e. The second-order valence-corrected chi connectivity index (χ2v) is 6.68. The summed E-state index contributed by atoms with van der Waals surface area (Å²) >= 11 is 1.34. The number of hydrogen-bond acceptors (Lipinski definition) is 4. The average Bonchev–Trinajstić information content (AvgIpc) is 2.52. The highest BCUT2D eigenvalue weighted by Crippen LogP contribution is 2.27. The summed E-state index contributed by atoms with van der Waals surface area (Å²) in [5.74, 6) is 0.156. The Kier molecular flexibility index (Phi) is 4.81. The lowest BCUT2D eigenvalue weighted by Gasteiger charge is -2.17. The summed E-state index contributed by atoms with van der Waals surface area (Å²) in [6.45, 7) is 1.98.